The minimum Gasteiger partial charge on any atom is -0.252 e. The third-order valence-electron chi connectivity index (χ3n) is 3.46. The van der Waals surface area contributed by atoms with Crippen LogP contribution in [-0.4, -0.2) is 30.5 Å². The van der Waals surface area contributed by atoms with Gasteiger partial charge in [0.15, 0.2) is 0 Å². The van der Waals surface area contributed by atoms with Crippen LogP contribution in [0, 0.1) is 0 Å². The monoisotopic (exact) mass is 284 g/mol. The first-order valence-electron chi connectivity index (χ1n) is 7.04. The second-order valence-corrected chi connectivity index (χ2v) is 10.7. The van der Waals surface area contributed by atoms with E-state index in [1.54, 1.807) is 0 Å². The van der Waals surface area contributed by atoms with E-state index >= 15 is 0 Å². The molecule has 0 aliphatic heterocycles. The zero-order valence-corrected chi connectivity index (χ0v) is 13.8. The average Bonchev–Trinajstić information content (AvgIpc) is 2.29. The molecule has 0 saturated carbocycles. The van der Waals surface area contributed by atoms with Crippen molar-refractivity contribution < 1.29 is 13.2 Å². The fourth-order valence-electron chi connectivity index (χ4n) is 2.20. The number of hydrogen-bond acceptors (Lipinski definition) is 0. The van der Waals surface area contributed by atoms with Crippen LogP contribution in [0.2, 0.25) is 24.2 Å². The molecule has 0 aromatic rings. The van der Waals surface area contributed by atoms with Gasteiger partial charge in [0.1, 0.15) is 0 Å². The number of halogens is 3. The first-order chi connectivity index (χ1) is 8.11. The molecular weight excluding hydrogens is 257 g/mol. The Morgan fingerprint density at radius 3 is 2.18 bits per heavy atom. The molecule has 0 saturated heterocycles. The molecule has 0 aromatic carbocycles. The van der Waals surface area contributed by atoms with Gasteiger partial charge in [-0.25, -0.2) is 8.78 Å². The van der Waals surface area contributed by atoms with Crippen LogP contribution in [0.15, 0.2) is 0 Å². The number of unbranched alkanes of at least 4 members (excludes halogenated alkanes) is 2. The van der Waals surface area contributed by atoms with Crippen LogP contribution in [0.4, 0.5) is 13.2 Å². The van der Waals surface area contributed by atoms with E-state index in [1.807, 2.05) is 0 Å². The lowest BCUT2D eigenvalue weighted by Gasteiger charge is -2.15. The lowest BCUT2D eigenvalue weighted by molar-refractivity contribution is 0.171. The summed E-state index contributed by atoms with van der Waals surface area (Å²) in [4.78, 5) is 0. The summed E-state index contributed by atoms with van der Waals surface area (Å²) in [6.45, 7) is 4.20. The Morgan fingerprint density at radius 1 is 1.00 bits per heavy atom. The highest BCUT2D eigenvalue weighted by atomic mass is 28.3. The molecule has 0 N–H and O–H groups in total. The van der Waals surface area contributed by atoms with E-state index in [0.717, 1.165) is 43.8 Å². The van der Waals surface area contributed by atoms with Crippen LogP contribution in [-0.2, 0) is 0 Å². The van der Waals surface area contributed by atoms with E-state index in [9.17, 15) is 13.2 Å². The van der Waals surface area contributed by atoms with Crippen LogP contribution < -0.4 is 0 Å². The summed E-state index contributed by atoms with van der Waals surface area (Å²) < 4.78 is 37.5. The van der Waals surface area contributed by atoms with Gasteiger partial charge in [0, 0.05) is 9.52 Å². The Labute approximate surface area is 108 Å². The summed E-state index contributed by atoms with van der Waals surface area (Å²) in [5.74, 6) is -0.525. The molecule has 0 aliphatic rings. The third kappa shape index (κ3) is 9.88. The van der Waals surface area contributed by atoms with E-state index in [2.05, 4.69) is 13.8 Å². The normalized spacial score (nSPS) is 14.3. The van der Waals surface area contributed by atoms with Crippen molar-refractivity contribution in [3.63, 3.8) is 0 Å². The van der Waals surface area contributed by atoms with Crippen molar-refractivity contribution in [1.29, 1.82) is 0 Å². The summed E-state index contributed by atoms with van der Waals surface area (Å²) >= 11 is 0. The standard InChI is InChI=1S/C12H27F3Si2/c1-3-17(4-2)12(15)8-6-5-7-9-16-10-11(13)14/h11-12,17H,3-10,16H2,1-2H3. The summed E-state index contributed by atoms with van der Waals surface area (Å²) in [6.07, 6.45) is 1.64. The zero-order valence-electron chi connectivity index (χ0n) is 11.2. The molecule has 0 spiro atoms. The molecule has 0 bridgehead atoms. The molecule has 0 aliphatic carbocycles. The summed E-state index contributed by atoms with van der Waals surface area (Å²) in [7, 11) is -1.66. The number of hydrogen-bond donors (Lipinski definition) is 0. The maximum atomic E-state index is 13.7. The molecule has 0 heterocycles. The van der Waals surface area contributed by atoms with Crippen molar-refractivity contribution in [2.24, 2.45) is 0 Å². The lowest BCUT2D eigenvalue weighted by Crippen LogP contribution is -2.25. The summed E-state index contributed by atoms with van der Waals surface area (Å²) in [5.41, 5.74) is 0. The minimum absolute atomic E-state index is 0.159. The van der Waals surface area contributed by atoms with Crippen molar-refractivity contribution in [3.8, 4) is 0 Å². The van der Waals surface area contributed by atoms with Gasteiger partial charge >= 0.3 is 0 Å². The molecule has 1 unspecified atom stereocenters. The van der Waals surface area contributed by atoms with E-state index in [0.29, 0.717) is 0 Å². The van der Waals surface area contributed by atoms with E-state index in [-0.39, 0.29) is 6.04 Å². The van der Waals surface area contributed by atoms with Crippen molar-refractivity contribution in [3.05, 3.63) is 0 Å². The Hall–Kier alpha value is 0.224. The lowest BCUT2D eigenvalue weighted by atomic mass is 10.2. The predicted octanol–water partition coefficient (Wildman–Crippen LogP) is 3.96. The van der Waals surface area contributed by atoms with E-state index in [1.165, 1.54) is 0 Å². The van der Waals surface area contributed by atoms with Crippen molar-refractivity contribution in [1.82, 2.24) is 0 Å². The molecule has 0 rings (SSSR count). The van der Waals surface area contributed by atoms with Gasteiger partial charge in [-0.15, -0.1) is 0 Å². The van der Waals surface area contributed by atoms with Crippen LogP contribution in [0.5, 0.6) is 0 Å². The molecule has 104 valence electrons. The van der Waals surface area contributed by atoms with Crippen molar-refractivity contribution >= 4 is 18.3 Å². The molecule has 0 nitrogen and oxygen atoms in total. The molecule has 0 amide bonds. The fraction of sp³-hybridized carbons (Fsp3) is 1.00. The summed E-state index contributed by atoms with van der Waals surface area (Å²) in [6, 6.07) is 3.27. The SMILES string of the molecule is CC[SiH](CC)C(F)CCCCC[SiH2]CC(F)F. The zero-order chi connectivity index (χ0) is 13.1. The summed E-state index contributed by atoms with van der Waals surface area (Å²) in [5, 5.41) is 0. The van der Waals surface area contributed by atoms with Crippen molar-refractivity contribution in [2.45, 2.75) is 75.9 Å². The number of alkyl halides is 3. The molecule has 1 atom stereocenters. The molecule has 17 heavy (non-hydrogen) atoms. The Kier molecular flexibility index (Phi) is 11.5. The van der Waals surface area contributed by atoms with Crippen LogP contribution in [0.25, 0.3) is 0 Å². The second kappa shape index (κ2) is 11.3. The van der Waals surface area contributed by atoms with Crippen LogP contribution in [0.1, 0.15) is 39.5 Å². The van der Waals surface area contributed by atoms with E-state index in [4.69, 9.17) is 0 Å². The highest BCUT2D eigenvalue weighted by Gasteiger charge is 2.18. The van der Waals surface area contributed by atoms with Crippen LogP contribution in [0.3, 0.4) is 0 Å². The van der Waals surface area contributed by atoms with Gasteiger partial charge < -0.3 is 0 Å². The van der Waals surface area contributed by atoms with Gasteiger partial charge in [-0.05, 0) is 12.5 Å². The van der Waals surface area contributed by atoms with E-state index < -0.39 is 30.5 Å². The fourth-order valence-corrected chi connectivity index (χ4v) is 5.82. The first kappa shape index (κ1) is 17.2. The molecule has 5 heteroatoms. The van der Waals surface area contributed by atoms with Gasteiger partial charge in [-0.2, -0.15) is 0 Å². The maximum Gasteiger partial charge on any atom is 0.235 e. The van der Waals surface area contributed by atoms with Gasteiger partial charge in [-0.1, -0.05) is 51.2 Å². The smallest absolute Gasteiger partial charge is 0.235 e. The topological polar surface area (TPSA) is 0 Å². The van der Waals surface area contributed by atoms with Gasteiger partial charge in [0.25, 0.3) is 0 Å². The molecular formula is C12H27F3Si2. The highest BCUT2D eigenvalue weighted by molar-refractivity contribution is 6.59. The van der Waals surface area contributed by atoms with Crippen LogP contribution >= 0.6 is 0 Å². The Bertz CT molecular complexity index is 164. The Balaban J connectivity index is 3.33. The Morgan fingerprint density at radius 2 is 1.65 bits per heavy atom. The molecule has 0 radical (unpaired) electrons. The van der Waals surface area contributed by atoms with Crippen molar-refractivity contribution in [2.75, 3.05) is 0 Å². The maximum absolute atomic E-state index is 13.7. The number of rotatable bonds is 11. The van der Waals surface area contributed by atoms with Gasteiger partial charge in [-0.3, -0.25) is 4.39 Å². The quantitative estimate of drug-likeness (QED) is 0.398. The second-order valence-electron chi connectivity index (χ2n) is 4.83. The highest BCUT2D eigenvalue weighted by Crippen LogP contribution is 2.15. The predicted molar refractivity (Wildman–Crippen MR) is 75.6 cm³/mol. The first-order valence-corrected chi connectivity index (χ1v) is 11.3. The minimum atomic E-state index is -2.10. The third-order valence-corrected chi connectivity index (χ3v) is 8.76. The van der Waals surface area contributed by atoms with Gasteiger partial charge in [0.05, 0.1) is 14.6 Å². The average molecular weight is 285 g/mol. The molecule has 0 fully saturated rings. The van der Waals surface area contributed by atoms with Gasteiger partial charge in [0.2, 0.25) is 6.43 Å². The largest absolute Gasteiger partial charge is 0.252 e. The molecule has 0 aromatic heterocycles.